The molecule has 0 bridgehead atoms. The van der Waals surface area contributed by atoms with Gasteiger partial charge in [0, 0.05) is 12.3 Å². The molecule has 2 rings (SSSR count). The summed E-state index contributed by atoms with van der Waals surface area (Å²) in [5.74, 6) is 0.179. The fraction of sp³-hybridized carbons (Fsp3) is 0.200. The van der Waals surface area contributed by atoms with E-state index in [1.54, 1.807) is 0 Å². The Bertz CT molecular complexity index is 625. The Morgan fingerprint density at radius 1 is 1.26 bits per heavy atom. The molecule has 4 nitrogen and oxygen atoms in total. The van der Waals surface area contributed by atoms with Crippen molar-refractivity contribution in [3.8, 4) is 11.8 Å². The van der Waals surface area contributed by atoms with Gasteiger partial charge in [-0.2, -0.15) is 5.26 Å². The predicted molar refractivity (Wildman–Crippen MR) is 70.6 cm³/mol. The fourth-order valence-corrected chi connectivity index (χ4v) is 1.78. The second-order valence-corrected chi connectivity index (χ2v) is 4.02. The minimum atomic E-state index is -0.892. The zero-order valence-electron chi connectivity index (χ0n) is 10.5. The molecule has 0 aliphatic carbocycles. The molecule has 1 unspecified atom stereocenters. The highest BCUT2D eigenvalue weighted by molar-refractivity contribution is 5.88. The van der Waals surface area contributed by atoms with Crippen LogP contribution in [-0.2, 0) is 9.53 Å². The van der Waals surface area contributed by atoms with Gasteiger partial charge >= 0.3 is 5.97 Å². The maximum atomic E-state index is 10.8. The molecule has 0 heterocycles. The predicted octanol–water partition coefficient (Wildman–Crippen LogP) is 2.67. The van der Waals surface area contributed by atoms with Gasteiger partial charge in [-0.25, -0.2) is 0 Å². The Labute approximate surface area is 111 Å². The van der Waals surface area contributed by atoms with E-state index < -0.39 is 12.1 Å². The van der Waals surface area contributed by atoms with Gasteiger partial charge in [-0.1, -0.05) is 36.4 Å². The van der Waals surface area contributed by atoms with Crippen LogP contribution in [0.5, 0.6) is 5.75 Å². The van der Waals surface area contributed by atoms with Crippen molar-refractivity contribution in [3.05, 3.63) is 42.5 Å². The molecule has 0 saturated heterocycles. The van der Waals surface area contributed by atoms with E-state index in [0.717, 1.165) is 10.8 Å². The smallest absolute Gasteiger partial charge is 0.304 e. The molecule has 4 heteroatoms. The van der Waals surface area contributed by atoms with Gasteiger partial charge in [0.2, 0.25) is 6.10 Å². The molecule has 0 aromatic heterocycles. The minimum Gasteiger partial charge on any atom is -0.488 e. The third-order valence-corrected chi connectivity index (χ3v) is 2.59. The van der Waals surface area contributed by atoms with Gasteiger partial charge in [-0.05, 0) is 11.5 Å². The number of nitrogens with zero attached hydrogens (tertiary/aromatic N) is 1. The second-order valence-electron chi connectivity index (χ2n) is 4.02. The van der Waals surface area contributed by atoms with Crippen molar-refractivity contribution in [2.45, 2.75) is 13.0 Å². The Morgan fingerprint density at radius 2 is 2.00 bits per heavy atom. The number of benzene rings is 2. The molecule has 0 amide bonds. The maximum absolute atomic E-state index is 10.8. The monoisotopic (exact) mass is 255 g/mol. The lowest BCUT2D eigenvalue weighted by Gasteiger charge is -2.12. The standard InChI is InChI=1S/C15H13NO3/c1-11(17)19-13(9-16)10-18-15-8-4-6-12-5-2-3-7-14(12)15/h2-8,13H,10H2,1H3. The fourth-order valence-electron chi connectivity index (χ4n) is 1.78. The number of rotatable bonds is 4. The molecular formula is C15H13NO3. The van der Waals surface area contributed by atoms with Crippen LogP contribution in [0.3, 0.4) is 0 Å². The number of hydrogen-bond donors (Lipinski definition) is 0. The first-order chi connectivity index (χ1) is 9.20. The van der Waals surface area contributed by atoms with E-state index in [4.69, 9.17) is 14.7 Å². The van der Waals surface area contributed by atoms with Crippen LogP contribution in [0.15, 0.2) is 42.5 Å². The number of carbonyl (C=O) groups excluding carboxylic acids is 1. The molecule has 0 N–H and O–H groups in total. The van der Waals surface area contributed by atoms with E-state index in [1.807, 2.05) is 48.5 Å². The molecular weight excluding hydrogens is 242 g/mol. The zero-order valence-corrected chi connectivity index (χ0v) is 10.5. The number of hydrogen-bond acceptors (Lipinski definition) is 4. The van der Waals surface area contributed by atoms with Crippen LogP contribution in [-0.4, -0.2) is 18.7 Å². The summed E-state index contributed by atoms with van der Waals surface area (Å²) in [4.78, 5) is 10.8. The van der Waals surface area contributed by atoms with Crippen LogP contribution < -0.4 is 4.74 Å². The molecule has 2 aromatic rings. The summed E-state index contributed by atoms with van der Waals surface area (Å²) < 4.78 is 10.4. The first kappa shape index (κ1) is 12.9. The lowest BCUT2D eigenvalue weighted by atomic mass is 10.1. The first-order valence-corrected chi connectivity index (χ1v) is 5.88. The van der Waals surface area contributed by atoms with Gasteiger partial charge in [0.05, 0.1) is 0 Å². The van der Waals surface area contributed by atoms with Crippen molar-refractivity contribution in [3.63, 3.8) is 0 Å². The van der Waals surface area contributed by atoms with Gasteiger partial charge in [-0.3, -0.25) is 4.79 Å². The minimum absolute atomic E-state index is 0.0179. The van der Waals surface area contributed by atoms with E-state index in [0.29, 0.717) is 5.75 Å². The average Bonchev–Trinajstić information content (AvgIpc) is 2.43. The van der Waals surface area contributed by atoms with Crippen molar-refractivity contribution in [1.82, 2.24) is 0 Å². The summed E-state index contributed by atoms with van der Waals surface area (Å²) in [5, 5.41) is 10.9. The Hall–Kier alpha value is -2.54. The summed E-state index contributed by atoms with van der Waals surface area (Å²) in [6.45, 7) is 1.28. The van der Waals surface area contributed by atoms with Crippen LogP contribution in [0.1, 0.15) is 6.92 Å². The number of nitriles is 1. The van der Waals surface area contributed by atoms with Gasteiger partial charge in [-0.15, -0.1) is 0 Å². The van der Waals surface area contributed by atoms with E-state index in [-0.39, 0.29) is 6.61 Å². The summed E-state index contributed by atoms with van der Waals surface area (Å²) in [6, 6.07) is 15.4. The molecule has 0 spiro atoms. The normalized spacial score (nSPS) is 11.6. The van der Waals surface area contributed by atoms with Crippen LogP contribution in [0.2, 0.25) is 0 Å². The van der Waals surface area contributed by atoms with Gasteiger partial charge in [0.15, 0.2) is 0 Å². The number of fused-ring (bicyclic) bond motifs is 1. The highest BCUT2D eigenvalue weighted by Gasteiger charge is 2.12. The lowest BCUT2D eigenvalue weighted by molar-refractivity contribution is -0.144. The van der Waals surface area contributed by atoms with Crippen molar-refractivity contribution < 1.29 is 14.3 Å². The first-order valence-electron chi connectivity index (χ1n) is 5.88. The third kappa shape index (κ3) is 3.23. The van der Waals surface area contributed by atoms with Crippen LogP contribution in [0.25, 0.3) is 10.8 Å². The van der Waals surface area contributed by atoms with Crippen molar-refractivity contribution >= 4 is 16.7 Å². The molecule has 1 atom stereocenters. The van der Waals surface area contributed by atoms with Gasteiger partial charge in [0.25, 0.3) is 0 Å². The highest BCUT2D eigenvalue weighted by Crippen LogP contribution is 2.25. The highest BCUT2D eigenvalue weighted by atomic mass is 16.6. The molecule has 0 fully saturated rings. The Kier molecular flexibility index (Phi) is 3.99. The molecule has 0 aliphatic rings. The van der Waals surface area contributed by atoms with Gasteiger partial charge < -0.3 is 9.47 Å². The van der Waals surface area contributed by atoms with Crippen LogP contribution >= 0.6 is 0 Å². The number of ether oxygens (including phenoxy) is 2. The lowest BCUT2D eigenvalue weighted by Crippen LogP contribution is -2.22. The maximum Gasteiger partial charge on any atom is 0.304 e. The summed E-state index contributed by atoms with van der Waals surface area (Å²) >= 11 is 0. The van der Waals surface area contributed by atoms with Gasteiger partial charge in [0.1, 0.15) is 18.4 Å². The zero-order chi connectivity index (χ0) is 13.7. The molecule has 0 radical (unpaired) electrons. The quantitative estimate of drug-likeness (QED) is 0.788. The molecule has 96 valence electrons. The molecule has 19 heavy (non-hydrogen) atoms. The Balaban J connectivity index is 2.13. The van der Waals surface area contributed by atoms with Crippen molar-refractivity contribution in [2.75, 3.05) is 6.61 Å². The summed E-state index contributed by atoms with van der Waals surface area (Å²) in [5.41, 5.74) is 0. The van der Waals surface area contributed by atoms with E-state index in [2.05, 4.69) is 0 Å². The topological polar surface area (TPSA) is 59.3 Å². The number of esters is 1. The van der Waals surface area contributed by atoms with Crippen molar-refractivity contribution in [1.29, 1.82) is 5.26 Å². The molecule has 2 aromatic carbocycles. The largest absolute Gasteiger partial charge is 0.488 e. The summed E-state index contributed by atoms with van der Waals surface area (Å²) in [6.07, 6.45) is -0.892. The van der Waals surface area contributed by atoms with E-state index in [1.165, 1.54) is 6.92 Å². The average molecular weight is 255 g/mol. The van der Waals surface area contributed by atoms with E-state index >= 15 is 0 Å². The third-order valence-electron chi connectivity index (χ3n) is 2.59. The van der Waals surface area contributed by atoms with E-state index in [9.17, 15) is 4.79 Å². The second kappa shape index (κ2) is 5.87. The summed E-state index contributed by atoms with van der Waals surface area (Å²) in [7, 11) is 0. The SMILES string of the molecule is CC(=O)OC(C#N)COc1cccc2ccccc12. The molecule has 0 saturated carbocycles. The number of carbonyl (C=O) groups is 1. The van der Waals surface area contributed by atoms with Crippen LogP contribution in [0, 0.1) is 11.3 Å². The van der Waals surface area contributed by atoms with Crippen molar-refractivity contribution in [2.24, 2.45) is 0 Å². The van der Waals surface area contributed by atoms with Crippen LogP contribution in [0.4, 0.5) is 0 Å². The molecule has 0 aliphatic heterocycles. The Morgan fingerprint density at radius 3 is 2.74 bits per heavy atom.